The van der Waals surface area contributed by atoms with Crippen molar-refractivity contribution in [3.8, 4) is 0 Å². The molecule has 0 saturated carbocycles. The Morgan fingerprint density at radius 3 is 2.52 bits per heavy atom. The maximum absolute atomic E-state index is 12.8. The number of benzene rings is 1. The van der Waals surface area contributed by atoms with Gasteiger partial charge in [0.05, 0.1) is 25.5 Å². The molecule has 1 fully saturated rings. The van der Waals surface area contributed by atoms with Crippen LogP contribution in [0.2, 0.25) is 0 Å². The van der Waals surface area contributed by atoms with Gasteiger partial charge in [-0.1, -0.05) is 32.9 Å². The van der Waals surface area contributed by atoms with E-state index < -0.39 is 0 Å². The van der Waals surface area contributed by atoms with Gasteiger partial charge >= 0.3 is 6.03 Å². The van der Waals surface area contributed by atoms with Gasteiger partial charge in [0.1, 0.15) is 0 Å². The fourth-order valence-corrected chi connectivity index (χ4v) is 3.64. The number of rotatable bonds is 2. The summed E-state index contributed by atoms with van der Waals surface area (Å²) < 4.78 is 5.41. The Balaban J connectivity index is 1.42. The number of morpholine rings is 1. The van der Waals surface area contributed by atoms with Crippen molar-refractivity contribution in [2.45, 2.75) is 39.2 Å². The number of urea groups is 1. The minimum Gasteiger partial charge on any atom is -0.378 e. The van der Waals surface area contributed by atoms with Crippen LogP contribution in [0, 0.1) is 0 Å². The van der Waals surface area contributed by atoms with E-state index in [1.54, 1.807) is 0 Å². The number of aromatic nitrogens is 2. The summed E-state index contributed by atoms with van der Waals surface area (Å²) in [5.41, 5.74) is 4.21. The van der Waals surface area contributed by atoms with Gasteiger partial charge in [0.15, 0.2) is 0 Å². The Bertz CT molecular complexity index is 870. The van der Waals surface area contributed by atoms with Gasteiger partial charge in [-0.2, -0.15) is 0 Å². The lowest BCUT2D eigenvalue weighted by molar-refractivity contribution is 0.122. The number of fused-ring (bicyclic) bond motifs is 1. The van der Waals surface area contributed by atoms with E-state index >= 15 is 0 Å². The van der Waals surface area contributed by atoms with Crippen molar-refractivity contribution in [2.24, 2.45) is 0 Å². The van der Waals surface area contributed by atoms with E-state index in [9.17, 15) is 4.79 Å². The molecule has 2 amide bonds. The molecular formula is C22H29N5O2. The van der Waals surface area contributed by atoms with Gasteiger partial charge in [-0.05, 0) is 35.1 Å². The highest BCUT2D eigenvalue weighted by molar-refractivity contribution is 5.89. The van der Waals surface area contributed by atoms with Crippen LogP contribution in [0.25, 0.3) is 0 Å². The fourth-order valence-electron chi connectivity index (χ4n) is 3.64. The molecule has 0 bridgehead atoms. The quantitative estimate of drug-likeness (QED) is 0.846. The van der Waals surface area contributed by atoms with Crippen LogP contribution in [0.3, 0.4) is 0 Å². The number of ether oxygens (including phenoxy) is 1. The van der Waals surface area contributed by atoms with Crippen molar-refractivity contribution in [3.63, 3.8) is 0 Å². The zero-order valence-electron chi connectivity index (χ0n) is 17.4. The van der Waals surface area contributed by atoms with E-state index in [4.69, 9.17) is 9.72 Å². The van der Waals surface area contributed by atoms with Gasteiger partial charge < -0.3 is 19.9 Å². The summed E-state index contributed by atoms with van der Waals surface area (Å²) in [7, 11) is 0. The topological polar surface area (TPSA) is 70.6 Å². The Morgan fingerprint density at radius 2 is 1.83 bits per heavy atom. The lowest BCUT2D eigenvalue weighted by Gasteiger charge is -2.30. The lowest BCUT2D eigenvalue weighted by atomic mass is 9.87. The summed E-state index contributed by atoms with van der Waals surface area (Å²) in [5, 5.41) is 3.02. The van der Waals surface area contributed by atoms with Crippen LogP contribution in [-0.2, 0) is 23.1 Å². The van der Waals surface area contributed by atoms with Crippen molar-refractivity contribution < 1.29 is 9.53 Å². The van der Waals surface area contributed by atoms with Crippen LogP contribution >= 0.6 is 0 Å². The van der Waals surface area contributed by atoms with Crippen LogP contribution in [0.5, 0.6) is 0 Å². The Morgan fingerprint density at radius 1 is 1.10 bits per heavy atom. The lowest BCUT2D eigenvalue weighted by Crippen LogP contribution is -2.40. The molecule has 7 heteroatoms. The van der Waals surface area contributed by atoms with E-state index in [-0.39, 0.29) is 11.4 Å². The summed E-state index contributed by atoms with van der Waals surface area (Å²) in [5.74, 6) is 0.729. The fraction of sp³-hybridized carbons (Fsp3) is 0.500. The standard InChI is InChI=1S/C22H29N5O2/c1-22(2,3)17-4-6-18(7-5-17)24-21(28)27-9-8-16-14-23-20(25-19(16)15-27)26-10-12-29-13-11-26/h4-7,14H,8-13,15H2,1-3H3,(H,24,28). The molecule has 0 aliphatic carbocycles. The third-order valence-corrected chi connectivity index (χ3v) is 5.52. The molecule has 3 heterocycles. The highest BCUT2D eigenvalue weighted by atomic mass is 16.5. The number of hydrogen-bond donors (Lipinski definition) is 1. The number of nitrogens with zero attached hydrogens (tertiary/aromatic N) is 4. The van der Waals surface area contributed by atoms with Crippen LogP contribution in [0.4, 0.5) is 16.4 Å². The van der Waals surface area contributed by atoms with Crippen LogP contribution in [-0.4, -0.2) is 53.7 Å². The minimum absolute atomic E-state index is 0.0920. The largest absolute Gasteiger partial charge is 0.378 e. The first-order valence-corrected chi connectivity index (χ1v) is 10.2. The summed E-state index contributed by atoms with van der Waals surface area (Å²) in [6.45, 7) is 10.7. The molecule has 1 saturated heterocycles. The van der Waals surface area contributed by atoms with Crippen molar-refractivity contribution >= 4 is 17.7 Å². The minimum atomic E-state index is -0.0920. The van der Waals surface area contributed by atoms with Gasteiger partial charge in [0.25, 0.3) is 0 Å². The zero-order valence-corrected chi connectivity index (χ0v) is 17.4. The maximum Gasteiger partial charge on any atom is 0.322 e. The Labute approximate surface area is 172 Å². The van der Waals surface area contributed by atoms with E-state index in [2.05, 4.69) is 48.1 Å². The normalized spacial score (nSPS) is 17.1. The van der Waals surface area contributed by atoms with Crippen LogP contribution in [0.15, 0.2) is 30.5 Å². The number of nitrogens with one attached hydrogen (secondary N) is 1. The highest BCUT2D eigenvalue weighted by Crippen LogP contribution is 2.24. The highest BCUT2D eigenvalue weighted by Gasteiger charge is 2.24. The second-order valence-corrected chi connectivity index (χ2v) is 8.67. The Kier molecular flexibility index (Phi) is 5.41. The third kappa shape index (κ3) is 4.50. The molecule has 29 heavy (non-hydrogen) atoms. The monoisotopic (exact) mass is 395 g/mol. The molecule has 2 aliphatic heterocycles. The van der Waals surface area contributed by atoms with E-state index in [1.165, 1.54) is 5.56 Å². The first-order valence-electron chi connectivity index (χ1n) is 10.2. The second kappa shape index (κ2) is 7.99. The molecule has 1 aromatic heterocycles. The summed E-state index contributed by atoms with van der Waals surface area (Å²) in [6.07, 6.45) is 2.68. The number of anilines is 2. The molecule has 7 nitrogen and oxygen atoms in total. The summed E-state index contributed by atoms with van der Waals surface area (Å²) >= 11 is 0. The van der Waals surface area contributed by atoms with Gasteiger partial charge in [0, 0.05) is 31.5 Å². The Hall–Kier alpha value is -2.67. The molecule has 0 radical (unpaired) electrons. The number of hydrogen-bond acceptors (Lipinski definition) is 5. The van der Waals surface area contributed by atoms with Crippen molar-refractivity contribution in [1.82, 2.24) is 14.9 Å². The number of carbonyl (C=O) groups is 1. The molecular weight excluding hydrogens is 366 g/mol. The molecule has 0 spiro atoms. The molecule has 4 rings (SSSR count). The van der Waals surface area contributed by atoms with Crippen molar-refractivity contribution in [1.29, 1.82) is 0 Å². The van der Waals surface area contributed by atoms with Crippen LogP contribution in [0.1, 0.15) is 37.6 Å². The molecule has 1 N–H and O–H groups in total. The molecule has 154 valence electrons. The SMILES string of the molecule is CC(C)(C)c1ccc(NC(=O)N2CCc3cnc(N4CCOCC4)nc3C2)cc1. The van der Waals surface area contributed by atoms with Gasteiger partial charge in [-0.15, -0.1) is 0 Å². The average molecular weight is 396 g/mol. The zero-order chi connectivity index (χ0) is 20.4. The van der Waals surface area contributed by atoms with E-state index in [1.807, 2.05) is 23.2 Å². The third-order valence-electron chi connectivity index (χ3n) is 5.52. The van der Waals surface area contributed by atoms with Crippen molar-refractivity contribution in [2.75, 3.05) is 43.1 Å². The maximum atomic E-state index is 12.8. The van der Waals surface area contributed by atoms with Crippen molar-refractivity contribution in [3.05, 3.63) is 47.3 Å². The molecule has 0 unspecified atom stereocenters. The van der Waals surface area contributed by atoms with Gasteiger partial charge in [-0.3, -0.25) is 0 Å². The summed E-state index contributed by atoms with van der Waals surface area (Å²) in [6, 6.07) is 7.99. The van der Waals surface area contributed by atoms with E-state index in [0.29, 0.717) is 26.3 Å². The predicted octanol–water partition coefficient (Wildman–Crippen LogP) is 3.20. The van der Waals surface area contributed by atoms with Gasteiger partial charge in [-0.25, -0.2) is 14.8 Å². The van der Waals surface area contributed by atoms with Crippen LogP contribution < -0.4 is 10.2 Å². The summed E-state index contributed by atoms with van der Waals surface area (Å²) in [4.78, 5) is 26.0. The predicted molar refractivity (Wildman–Crippen MR) is 113 cm³/mol. The molecule has 2 aromatic rings. The first-order chi connectivity index (χ1) is 13.9. The molecule has 0 atom stereocenters. The average Bonchev–Trinajstić information content (AvgIpc) is 2.73. The second-order valence-electron chi connectivity index (χ2n) is 8.67. The van der Waals surface area contributed by atoms with Gasteiger partial charge in [0.2, 0.25) is 5.95 Å². The number of carbonyl (C=O) groups excluding carboxylic acids is 1. The smallest absolute Gasteiger partial charge is 0.322 e. The molecule has 1 aromatic carbocycles. The number of amides is 2. The van der Waals surface area contributed by atoms with E-state index in [0.717, 1.165) is 42.4 Å². The molecule has 2 aliphatic rings. The first kappa shape index (κ1) is 19.6.